The Balaban J connectivity index is 1.52. The summed E-state index contributed by atoms with van der Waals surface area (Å²) >= 11 is 0. The van der Waals surface area contributed by atoms with Gasteiger partial charge < -0.3 is 9.42 Å². The maximum Gasteiger partial charge on any atom is 0.253 e. The minimum Gasteiger partial charge on any atom is -0.339 e. The highest BCUT2D eigenvalue weighted by Gasteiger charge is 2.30. The van der Waals surface area contributed by atoms with Crippen LogP contribution in [0.5, 0.6) is 0 Å². The van der Waals surface area contributed by atoms with Gasteiger partial charge in [-0.25, -0.2) is 17.6 Å². The van der Waals surface area contributed by atoms with Crippen LogP contribution in [0, 0.1) is 23.3 Å². The molecule has 1 amide bonds. The number of nitrogens with zero attached hydrogens (tertiary/aromatic N) is 3. The molecule has 2 aromatic carbocycles. The molecule has 2 heterocycles. The Hall–Kier alpha value is -3.23. The largest absolute Gasteiger partial charge is 0.339 e. The lowest BCUT2D eigenvalue weighted by Crippen LogP contribution is -2.39. The van der Waals surface area contributed by atoms with Crippen LogP contribution in [0.15, 0.2) is 40.9 Å². The quantitative estimate of drug-likeness (QED) is 0.610. The average molecular weight is 405 g/mol. The van der Waals surface area contributed by atoms with Gasteiger partial charge in [-0.05, 0) is 43.2 Å². The van der Waals surface area contributed by atoms with E-state index in [1.165, 1.54) is 17.0 Å². The topological polar surface area (TPSA) is 59.2 Å². The molecule has 29 heavy (non-hydrogen) atoms. The Labute approximate surface area is 162 Å². The van der Waals surface area contributed by atoms with Gasteiger partial charge >= 0.3 is 0 Å². The van der Waals surface area contributed by atoms with Crippen molar-refractivity contribution >= 4 is 5.91 Å². The van der Waals surface area contributed by atoms with E-state index in [0.717, 1.165) is 24.3 Å². The van der Waals surface area contributed by atoms with Crippen LogP contribution in [0.4, 0.5) is 17.6 Å². The van der Waals surface area contributed by atoms with E-state index in [1.54, 1.807) is 0 Å². The van der Waals surface area contributed by atoms with E-state index in [0.29, 0.717) is 19.4 Å². The van der Waals surface area contributed by atoms with Crippen LogP contribution >= 0.6 is 0 Å². The Morgan fingerprint density at radius 3 is 2.62 bits per heavy atom. The van der Waals surface area contributed by atoms with E-state index in [1.807, 2.05) is 0 Å². The third-order valence-electron chi connectivity index (χ3n) is 4.84. The molecule has 0 N–H and O–H groups in total. The number of amides is 1. The van der Waals surface area contributed by atoms with Crippen molar-refractivity contribution < 1.29 is 26.9 Å². The molecule has 0 spiro atoms. The highest BCUT2D eigenvalue weighted by atomic mass is 19.2. The Bertz CT molecular complexity index is 1070. The predicted molar refractivity (Wildman–Crippen MR) is 93.9 cm³/mol. The number of benzene rings is 2. The van der Waals surface area contributed by atoms with Crippen LogP contribution in [0.2, 0.25) is 0 Å². The summed E-state index contributed by atoms with van der Waals surface area (Å²) in [6.45, 7) is 0.688. The second kappa shape index (κ2) is 7.65. The van der Waals surface area contributed by atoms with Gasteiger partial charge in [0.05, 0.1) is 11.5 Å². The van der Waals surface area contributed by atoms with Crippen LogP contribution in [-0.2, 0) is 0 Å². The first-order valence-corrected chi connectivity index (χ1v) is 8.95. The molecule has 4 rings (SSSR count). The van der Waals surface area contributed by atoms with Gasteiger partial charge in [0.1, 0.15) is 11.6 Å². The second-order valence-electron chi connectivity index (χ2n) is 6.80. The minimum absolute atomic E-state index is 0.00642. The van der Waals surface area contributed by atoms with Gasteiger partial charge in [0.15, 0.2) is 11.6 Å². The van der Waals surface area contributed by atoms with Gasteiger partial charge in [0.25, 0.3) is 5.91 Å². The number of hydrogen-bond donors (Lipinski definition) is 0. The van der Waals surface area contributed by atoms with Crippen LogP contribution in [-0.4, -0.2) is 34.0 Å². The van der Waals surface area contributed by atoms with Gasteiger partial charge in [-0.3, -0.25) is 4.79 Å². The molecular formula is C20H15F4N3O2. The van der Waals surface area contributed by atoms with Crippen molar-refractivity contribution in [3.63, 3.8) is 0 Å². The van der Waals surface area contributed by atoms with Gasteiger partial charge in [-0.15, -0.1) is 0 Å². The van der Waals surface area contributed by atoms with E-state index in [4.69, 9.17) is 4.52 Å². The maximum absolute atomic E-state index is 13.9. The zero-order valence-corrected chi connectivity index (χ0v) is 15.0. The lowest BCUT2D eigenvalue weighted by Gasteiger charge is -2.31. The SMILES string of the molecule is O=C(c1ccc(F)c(F)c1)N1CCC[C@H](c2nc(-c3ccc(F)cc3F)no2)C1. The number of rotatable bonds is 3. The fourth-order valence-corrected chi connectivity index (χ4v) is 3.36. The highest BCUT2D eigenvalue weighted by Crippen LogP contribution is 2.29. The molecule has 5 nitrogen and oxygen atoms in total. The van der Waals surface area contributed by atoms with Crippen LogP contribution in [0.3, 0.4) is 0 Å². The summed E-state index contributed by atoms with van der Waals surface area (Å²) in [6.07, 6.45) is 1.30. The molecule has 0 bridgehead atoms. The van der Waals surface area contributed by atoms with E-state index in [9.17, 15) is 22.4 Å². The summed E-state index contributed by atoms with van der Waals surface area (Å²) in [5.74, 6) is -4.14. The van der Waals surface area contributed by atoms with Crippen molar-refractivity contribution in [2.45, 2.75) is 18.8 Å². The van der Waals surface area contributed by atoms with E-state index in [2.05, 4.69) is 10.1 Å². The second-order valence-corrected chi connectivity index (χ2v) is 6.80. The lowest BCUT2D eigenvalue weighted by molar-refractivity contribution is 0.0695. The van der Waals surface area contributed by atoms with E-state index < -0.39 is 29.2 Å². The number of piperidine rings is 1. The fourth-order valence-electron chi connectivity index (χ4n) is 3.36. The molecule has 0 unspecified atom stereocenters. The standard InChI is InChI=1S/C20H15F4N3O2/c21-13-4-5-14(16(23)9-13)18-25-19(29-26-18)12-2-1-7-27(10-12)20(28)11-3-6-15(22)17(24)8-11/h3-6,8-9,12H,1-2,7,10H2/t12-/m0/s1. The number of hydrogen-bond acceptors (Lipinski definition) is 4. The molecule has 0 radical (unpaired) electrons. The van der Waals surface area contributed by atoms with Crippen LogP contribution in [0.25, 0.3) is 11.4 Å². The molecule has 1 saturated heterocycles. The summed E-state index contributed by atoms with van der Waals surface area (Å²) < 4.78 is 58.8. The van der Waals surface area contributed by atoms with Crippen molar-refractivity contribution in [2.24, 2.45) is 0 Å². The molecule has 1 aliphatic rings. The Morgan fingerprint density at radius 1 is 1.03 bits per heavy atom. The summed E-state index contributed by atoms with van der Waals surface area (Å²) in [7, 11) is 0. The molecule has 150 valence electrons. The zero-order chi connectivity index (χ0) is 20.5. The van der Waals surface area contributed by atoms with Crippen molar-refractivity contribution in [1.82, 2.24) is 15.0 Å². The first-order chi connectivity index (χ1) is 13.9. The third kappa shape index (κ3) is 3.85. The van der Waals surface area contributed by atoms with Gasteiger partial charge in [0.2, 0.25) is 11.7 Å². The highest BCUT2D eigenvalue weighted by molar-refractivity contribution is 5.94. The Kier molecular flexibility index (Phi) is 5.04. The number of carbonyl (C=O) groups excluding carboxylic acids is 1. The van der Waals surface area contributed by atoms with Crippen molar-refractivity contribution in [2.75, 3.05) is 13.1 Å². The molecule has 9 heteroatoms. The third-order valence-corrected chi connectivity index (χ3v) is 4.84. The van der Waals surface area contributed by atoms with Crippen LogP contribution in [0.1, 0.15) is 35.0 Å². The van der Waals surface area contributed by atoms with E-state index in [-0.39, 0.29) is 35.3 Å². The molecule has 0 saturated carbocycles. The van der Waals surface area contributed by atoms with Crippen molar-refractivity contribution in [3.05, 3.63) is 71.1 Å². The average Bonchev–Trinajstić information content (AvgIpc) is 3.19. The number of likely N-dealkylation sites (tertiary alicyclic amines) is 1. The fraction of sp³-hybridized carbons (Fsp3) is 0.250. The molecule has 1 fully saturated rings. The van der Waals surface area contributed by atoms with Crippen molar-refractivity contribution in [3.8, 4) is 11.4 Å². The molecule has 0 aliphatic carbocycles. The zero-order valence-electron chi connectivity index (χ0n) is 15.0. The van der Waals surface area contributed by atoms with Gasteiger partial charge in [-0.1, -0.05) is 5.16 Å². The molecule has 1 atom stereocenters. The van der Waals surface area contributed by atoms with Crippen molar-refractivity contribution in [1.29, 1.82) is 0 Å². The first-order valence-electron chi connectivity index (χ1n) is 8.95. The van der Waals surface area contributed by atoms with E-state index >= 15 is 0 Å². The number of aromatic nitrogens is 2. The molecular weight excluding hydrogens is 390 g/mol. The monoisotopic (exact) mass is 405 g/mol. The van der Waals surface area contributed by atoms with Crippen LogP contribution < -0.4 is 0 Å². The van der Waals surface area contributed by atoms with Gasteiger partial charge in [0, 0.05) is 24.7 Å². The molecule has 3 aromatic rings. The summed E-state index contributed by atoms with van der Waals surface area (Å²) in [5.41, 5.74) is 0.0519. The predicted octanol–water partition coefficient (Wildman–Crippen LogP) is 4.31. The lowest BCUT2D eigenvalue weighted by atomic mass is 9.97. The summed E-state index contributed by atoms with van der Waals surface area (Å²) in [5, 5.41) is 3.76. The summed E-state index contributed by atoms with van der Waals surface area (Å²) in [4.78, 5) is 18.3. The smallest absolute Gasteiger partial charge is 0.253 e. The maximum atomic E-state index is 13.9. The molecule has 1 aromatic heterocycles. The summed E-state index contributed by atoms with van der Waals surface area (Å²) in [6, 6.07) is 6.05. The van der Waals surface area contributed by atoms with Gasteiger partial charge in [-0.2, -0.15) is 4.98 Å². The normalized spacial score (nSPS) is 16.8. The molecule has 1 aliphatic heterocycles. The minimum atomic E-state index is -1.09. The number of carbonyl (C=O) groups is 1. The Morgan fingerprint density at radius 2 is 1.86 bits per heavy atom. The first kappa shape index (κ1) is 19.1. The number of halogens is 4.